The summed E-state index contributed by atoms with van der Waals surface area (Å²) in [4.78, 5) is 0. The topological polar surface area (TPSA) is 0 Å². The molecule has 0 saturated heterocycles. The average Bonchev–Trinajstić information content (AvgIpc) is 2.74. The Morgan fingerprint density at radius 2 is 0.812 bits per heavy atom. The van der Waals surface area contributed by atoms with Crippen LogP contribution in [0.1, 0.15) is 125 Å². The van der Waals surface area contributed by atoms with Gasteiger partial charge < -0.3 is 0 Å². The Bertz CT molecular complexity index is 782. The Kier molecular flexibility index (Phi) is 8.43. The van der Waals surface area contributed by atoms with Crippen molar-refractivity contribution in [3.63, 3.8) is 0 Å². The van der Waals surface area contributed by atoms with Crippen molar-refractivity contribution in [2.24, 2.45) is 11.8 Å². The van der Waals surface area contributed by atoms with E-state index in [9.17, 15) is 0 Å². The number of allylic oxidation sites excluding steroid dienone is 2. The highest BCUT2D eigenvalue weighted by Crippen LogP contribution is 2.36. The van der Waals surface area contributed by atoms with Crippen LogP contribution in [-0.2, 0) is 12.8 Å². The Labute approximate surface area is 198 Å². The maximum absolute atomic E-state index is 2.56. The molecule has 32 heavy (non-hydrogen) atoms. The molecule has 0 heteroatoms. The molecular formula is C32H46. The van der Waals surface area contributed by atoms with E-state index in [0.717, 1.165) is 0 Å². The minimum atomic E-state index is 0.589. The molecule has 0 spiro atoms. The number of benzene rings is 2. The molecule has 2 unspecified atom stereocenters. The van der Waals surface area contributed by atoms with E-state index in [0.29, 0.717) is 35.5 Å². The second-order valence-electron chi connectivity index (χ2n) is 11.3. The van der Waals surface area contributed by atoms with Crippen LogP contribution in [0.2, 0.25) is 0 Å². The van der Waals surface area contributed by atoms with Crippen LogP contribution < -0.4 is 0 Å². The van der Waals surface area contributed by atoms with E-state index in [1.807, 2.05) is 0 Å². The SMILES string of the molecule is CC(C)c1cccc(C(C)C)c1CC1C=CC(Cc2c(C(C)C)cccc2C(C)C)CC1. The van der Waals surface area contributed by atoms with Crippen LogP contribution >= 0.6 is 0 Å². The molecule has 2 aromatic rings. The summed E-state index contributed by atoms with van der Waals surface area (Å²) in [5, 5.41) is 0. The molecule has 0 N–H and O–H groups in total. The van der Waals surface area contributed by atoms with E-state index in [2.05, 4.69) is 104 Å². The molecule has 0 nitrogen and oxygen atoms in total. The number of hydrogen-bond donors (Lipinski definition) is 0. The van der Waals surface area contributed by atoms with Crippen molar-refractivity contribution in [2.75, 3.05) is 0 Å². The van der Waals surface area contributed by atoms with Gasteiger partial charge in [0, 0.05) is 0 Å². The van der Waals surface area contributed by atoms with Gasteiger partial charge in [0.05, 0.1) is 0 Å². The Morgan fingerprint density at radius 1 is 0.531 bits per heavy atom. The number of hydrogen-bond acceptors (Lipinski definition) is 0. The van der Waals surface area contributed by atoms with Crippen LogP contribution in [0, 0.1) is 11.8 Å². The van der Waals surface area contributed by atoms with E-state index >= 15 is 0 Å². The first-order valence-corrected chi connectivity index (χ1v) is 13.1. The molecule has 2 aromatic carbocycles. The average molecular weight is 431 g/mol. The Morgan fingerprint density at radius 3 is 1.03 bits per heavy atom. The van der Waals surface area contributed by atoms with Crippen molar-refractivity contribution in [3.05, 3.63) is 81.9 Å². The summed E-state index contributed by atoms with van der Waals surface area (Å²) in [6.45, 7) is 18.7. The van der Waals surface area contributed by atoms with Gasteiger partial charge in [-0.15, -0.1) is 0 Å². The molecule has 0 amide bonds. The molecule has 174 valence electrons. The summed E-state index contributed by atoms with van der Waals surface area (Å²) in [7, 11) is 0. The lowest BCUT2D eigenvalue weighted by Crippen LogP contribution is -2.16. The minimum absolute atomic E-state index is 0.589. The van der Waals surface area contributed by atoms with Crippen molar-refractivity contribution in [2.45, 2.75) is 105 Å². The second-order valence-corrected chi connectivity index (χ2v) is 11.3. The van der Waals surface area contributed by atoms with Crippen LogP contribution in [-0.4, -0.2) is 0 Å². The summed E-state index contributed by atoms with van der Waals surface area (Å²) >= 11 is 0. The molecule has 0 aromatic heterocycles. The third-order valence-corrected chi connectivity index (χ3v) is 7.48. The standard InChI is InChI=1S/C32H46/c1-21(2)27-11-9-12-28(22(3)4)31(27)19-25-15-17-26(18-16-25)20-32-29(23(5)6)13-10-14-30(32)24(7)8/h9-15,17,21-26H,16,18-20H2,1-8H3. The van der Waals surface area contributed by atoms with Gasteiger partial charge >= 0.3 is 0 Å². The van der Waals surface area contributed by atoms with Crippen LogP contribution in [0.3, 0.4) is 0 Å². The van der Waals surface area contributed by atoms with Gasteiger partial charge in [-0.2, -0.15) is 0 Å². The molecule has 0 bridgehead atoms. The summed E-state index contributed by atoms with van der Waals surface area (Å²) in [6.07, 6.45) is 10.1. The van der Waals surface area contributed by atoms with Gasteiger partial charge in [-0.3, -0.25) is 0 Å². The van der Waals surface area contributed by atoms with E-state index < -0.39 is 0 Å². The summed E-state index contributed by atoms with van der Waals surface area (Å²) in [6, 6.07) is 14.0. The van der Waals surface area contributed by atoms with E-state index in [1.165, 1.54) is 25.7 Å². The zero-order valence-electron chi connectivity index (χ0n) is 21.9. The van der Waals surface area contributed by atoms with Crippen molar-refractivity contribution in [3.8, 4) is 0 Å². The third-order valence-electron chi connectivity index (χ3n) is 7.48. The molecule has 1 aliphatic carbocycles. The first-order chi connectivity index (χ1) is 15.2. The van der Waals surface area contributed by atoms with Gasteiger partial charge in [0.1, 0.15) is 0 Å². The summed E-state index contributed by atoms with van der Waals surface area (Å²) in [5.74, 6) is 3.70. The maximum Gasteiger partial charge on any atom is -0.0192 e. The fourth-order valence-corrected chi connectivity index (χ4v) is 5.68. The van der Waals surface area contributed by atoms with Crippen LogP contribution in [0.15, 0.2) is 48.6 Å². The Hall–Kier alpha value is -1.82. The van der Waals surface area contributed by atoms with Crippen molar-refractivity contribution >= 4 is 0 Å². The van der Waals surface area contributed by atoms with Gasteiger partial charge in [0.25, 0.3) is 0 Å². The lowest BCUT2D eigenvalue weighted by Gasteiger charge is -2.28. The number of rotatable bonds is 8. The van der Waals surface area contributed by atoms with Gasteiger partial charge in [0.15, 0.2) is 0 Å². The lowest BCUT2D eigenvalue weighted by molar-refractivity contribution is 0.447. The van der Waals surface area contributed by atoms with E-state index in [-0.39, 0.29) is 0 Å². The molecule has 2 atom stereocenters. The van der Waals surface area contributed by atoms with E-state index in [4.69, 9.17) is 0 Å². The maximum atomic E-state index is 2.56. The highest BCUT2D eigenvalue weighted by molar-refractivity contribution is 5.41. The monoisotopic (exact) mass is 430 g/mol. The highest BCUT2D eigenvalue weighted by atomic mass is 14.3. The second kappa shape index (κ2) is 10.9. The van der Waals surface area contributed by atoms with Gasteiger partial charge in [0.2, 0.25) is 0 Å². The first kappa shape index (κ1) is 24.8. The van der Waals surface area contributed by atoms with Crippen LogP contribution in [0.25, 0.3) is 0 Å². The lowest BCUT2D eigenvalue weighted by atomic mass is 9.77. The molecule has 3 rings (SSSR count). The summed E-state index contributed by atoms with van der Waals surface area (Å²) < 4.78 is 0. The van der Waals surface area contributed by atoms with Crippen molar-refractivity contribution < 1.29 is 0 Å². The summed E-state index contributed by atoms with van der Waals surface area (Å²) in [5.41, 5.74) is 9.47. The van der Waals surface area contributed by atoms with Gasteiger partial charge in [-0.1, -0.05) is 104 Å². The van der Waals surface area contributed by atoms with Gasteiger partial charge in [-0.05, 0) is 94.6 Å². The predicted molar refractivity (Wildman–Crippen MR) is 142 cm³/mol. The van der Waals surface area contributed by atoms with Gasteiger partial charge in [-0.25, -0.2) is 0 Å². The molecular weight excluding hydrogens is 384 g/mol. The fourth-order valence-electron chi connectivity index (χ4n) is 5.68. The molecule has 0 saturated carbocycles. The quantitative estimate of drug-likeness (QED) is 0.366. The fraction of sp³-hybridized carbons (Fsp3) is 0.562. The molecule has 0 heterocycles. The van der Waals surface area contributed by atoms with Crippen molar-refractivity contribution in [1.82, 2.24) is 0 Å². The molecule has 0 fully saturated rings. The van der Waals surface area contributed by atoms with Crippen LogP contribution in [0.5, 0.6) is 0 Å². The predicted octanol–water partition coefficient (Wildman–Crippen LogP) is 9.55. The molecule has 1 aliphatic rings. The highest BCUT2D eigenvalue weighted by Gasteiger charge is 2.23. The molecule has 0 aliphatic heterocycles. The minimum Gasteiger partial charge on any atom is -0.0848 e. The normalized spacial score (nSPS) is 19.0. The van der Waals surface area contributed by atoms with Crippen molar-refractivity contribution in [1.29, 1.82) is 0 Å². The zero-order chi connectivity index (χ0) is 23.4. The third kappa shape index (κ3) is 5.75. The Balaban J connectivity index is 1.79. The largest absolute Gasteiger partial charge is 0.0848 e. The van der Waals surface area contributed by atoms with E-state index in [1.54, 1.807) is 33.4 Å². The zero-order valence-corrected chi connectivity index (χ0v) is 21.9. The molecule has 0 radical (unpaired) electrons. The van der Waals surface area contributed by atoms with Crippen LogP contribution in [0.4, 0.5) is 0 Å². The first-order valence-electron chi connectivity index (χ1n) is 13.1. The smallest absolute Gasteiger partial charge is 0.0192 e.